The van der Waals surface area contributed by atoms with Gasteiger partial charge in [-0.05, 0) is 30.2 Å². The molecule has 0 aliphatic rings. The van der Waals surface area contributed by atoms with Crippen LogP contribution in [0.15, 0.2) is 24.3 Å². The molecule has 0 spiro atoms. The van der Waals surface area contributed by atoms with Gasteiger partial charge in [0.1, 0.15) is 0 Å². The molecule has 1 unspecified atom stereocenters. The summed E-state index contributed by atoms with van der Waals surface area (Å²) in [4.78, 5) is 1.95. The Morgan fingerprint density at radius 2 is 1.83 bits per heavy atom. The Balaban J connectivity index is 2.72. The van der Waals surface area contributed by atoms with Crippen molar-refractivity contribution in [2.24, 2.45) is 5.92 Å². The van der Waals surface area contributed by atoms with E-state index in [1.165, 1.54) is 0 Å². The van der Waals surface area contributed by atoms with Crippen LogP contribution < -0.4 is 9.62 Å². The van der Waals surface area contributed by atoms with Crippen LogP contribution in [0, 0.1) is 5.92 Å². The molecule has 0 aliphatic heterocycles. The fraction of sp³-hybridized carbons (Fsp3) is 0.500. The smallest absolute Gasteiger partial charge is 0.233 e. The first-order valence-electron chi connectivity index (χ1n) is 5.68. The van der Waals surface area contributed by atoms with Crippen molar-refractivity contribution in [1.29, 1.82) is 0 Å². The molecular weight excluding hydrogens is 272 g/mol. The molecule has 0 bridgehead atoms. The van der Waals surface area contributed by atoms with E-state index in [1.54, 1.807) is 19.1 Å². The minimum absolute atomic E-state index is 0.0337. The number of rotatable bonds is 6. The third-order valence-electron chi connectivity index (χ3n) is 2.42. The molecule has 6 heteroatoms. The van der Waals surface area contributed by atoms with Crippen molar-refractivity contribution in [1.82, 2.24) is 0 Å². The second kappa shape index (κ2) is 6.29. The molecule has 0 amide bonds. The average Bonchev–Trinajstić information content (AvgIpc) is 2.28. The van der Waals surface area contributed by atoms with Crippen molar-refractivity contribution in [2.75, 3.05) is 35.4 Å². The molecule has 0 radical (unpaired) electrons. The number of anilines is 2. The maximum Gasteiger partial charge on any atom is 0.233 e. The maximum absolute atomic E-state index is 11.8. The molecule has 102 valence electrons. The zero-order chi connectivity index (χ0) is 13.8. The van der Waals surface area contributed by atoms with Crippen LogP contribution in [0.2, 0.25) is 0 Å². The summed E-state index contributed by atoms with van der Waals surface area (Å²) in [6.07, 6.45) is 0. The summed E-state index contributed by atoms with van der Waals surface area (Å²) in [5.74, 6) is 0.303. The van der Waals surface area contributed by atoms with Crippen LogP contribution in [-0.2, 0) is 10.0 Å². The number of nitrogens with one attached hydrogen (secondary N) is 1. The Kier molecular flexibility index (Phi) is 5.28. The highest BCUT2D eigenvalue weighted by atomic mass is 35.5. The molecule has 4 nitrogen and oxygen atoms in total. The van der Waals surface area contributed by atoms with E-state index in [0.29, 0.717) is 11.6 Å². The summed E-state index contributed by atoms with van der Waals surface area (Å²) in [5, 5.41) is 0. The van der Waals surface area contributed by atoms with Crippen molar-refractivity contribution >= 4 is 33.0 Å². The summed E-state index contributed by atoms with van der Waals surface area (Å²) >= 11 is 5.62. The Morgan fingerprint density at radius 1 is 1.28 bits per heavy atom. The maximum atomic E-state index is 11.8. The standard InChI is InChI=1S/C12H19ClN2O2S/c1-10(8-13)9-18(16,17)14-11-4-6-12(7-5-11)15(2)3/h4-7,10,14H,8-9H2,1-3H3. The van der Waals surface area contributed by atoms with Gasteiger partial charge in [0, 0.05) is 31.4 Å². The molecule has 0 fully saturated rings. The van der Waals surface area contributed by atoms with Crippen molar-refractivity contribution in [3.63, 3.8) is 0 Å². The predicted molar refractivity (Wildman–Crippen MR) is 78.1 cm³/mol. The summed E-state index contributed by atoms with van der Waals surface area (Å²) in [7, 11) is 0.537. The fourth-order valence-corrected chi connectivity index (χ4v) is 3.15. The van der Waals surface area contributed by atoms with E-state index in [2.05, 4.69) is 4.72 Å². The van der Waals surface area contributed by atoms with E-state index >= 15 is 0 Å². The zero-order valence-electron chi connectivity index (χ0n) is 10.9. The minimum atomic E-state index is -3.33. The van der Waals surface area contributed by atoms with Crippen LogP contribution in [-0.4, -0.2) is 34.1 Å². The van der Waals surface area contributed by atoms with Crippen molar-refractivity contribution in [3.8, 4) is 0 Å². The highest BCUT2D eigenvalue weighted by molar-refractivity contribution is 7.92. The third-order valence-corrected chi connectivity index (χ3v) is 4.51. The lowest BCUT2D eigenvalue weighted by molar-refractivity contribution is 0.588. The third kappa shape index (κ3) is 4.74. The van der Waals surface area contributed by atoms with Gasteiger partial charge in [-0.3, -0.25) is 4.72 Å². The number of hydrogen-bond acceptors (Lipinski definition) is 3. The minimum Gasteiger partial charge on any atom is -0.378 e. The molecule has 0 aliphatic carbocycles. The van der Waals surface area contributed by atoms with Crippen LogP contribution in [0.4, 0.5) is 11.4 Å². The quantitative estimate of drug-likeness (QED) is 0.818. The van der Waals surface area contributed by atoms with E-state index in [1.807, 2.05) is 31.1 Å². The number of alkyl halides is 1. The normalized spacial score (nSPS) is 13.1. The summed E-state index contributed by atoms with van der Waals surface area (Å²) in [6, 6.07) is 7.22. The monoisotopic (exact) mass is 290 g/mol. The number of sulfonamides is 1. The largest absolute Gasteiger partial charge is 0.378 e. The van der Waals surface area contributed by atoms with Gasteiger partial charge < -0.3 is 4.90 Å². The van der Waals surface area contributed by atoms with Crippen molar-refractivity contribution in [2.45, 2.75) is 6.92 Å². The summed E-state index contributed by atoms with van der Waals surface area (Å²) in [6.45, 7) is 1.81. The second-order valence-electron chi connectivity index (χ2n) is 4.58. The van der Waals surface area contributed by atoms with E-state index < -0.39 is 10.0 Å². The van der Waals surface area contributed by atoms with Gasteiger partial charge in [-0.15, -0.1) is 11.6 Å². The SMILES string of the molecule is CC(CCl)CS(=O)(=O)Nc1ccc(N(C)C)cc1. The summed E-state index contributed by atoms with van der Waals surface area (Å²) < 4.78 is 26.2. The van der Waals surface area contributed by atoms with Crippen molar-refractivity contribution < 1.29 is 8.42 Å². The number of halogens is 1. The second-order valence-corrected chi connectivity index (χ2v) is 6.66. The van der Waals surface area contributed by atoms with Crippen LogP contribution in [0.1, 0.15) is 6.92 Å². The highest BCUT2D eigenvalue weighted by Crippen LogP contribution is 2.17. The van der Waals surface area contributed by atoms with Gasteiger partial charge in [-0.2, -0.15) is 0 Å². The first kappa shape index (κ1) is 15.1. The molecule has 0 saturated heterocycles. The molecule has 1 rings (SSSR count). The first-order valence-corrected chi connectivity index (χ1v) is 7.86. The Bertz CT molecular complexity index is 471. The van der Waals surface area contributed by atoms with Gasteiger partial charge in [0.25, 0.3) is 0 Å². The fourth-order valence-electron chi connectivity index (χ4n) is 1.47. The first-order chi connectivity index (χ1) is 8.34. The molecule has 1 atom stereocenters. The Hall–Kier alpha value is -0.940. The van der Waals surface area contributed by atoms with Crippen LogP contribution in [0.3, 0.4) is 0 Å². The molecule has 1 aromatic rings. The zero-order valence-corrected chi connectivity index (χ0v) is 12.4. The predicted octanol–water partition coefficient (Wildman–Crippen LogP) is 2.37. The van der Waals surface area contributed by atoms with Gasteiger partial charge in [-0.1, -0.05) is 6.92 Å². The van der Waals surface area contributed by atoms with E-state index in [0.717, 1.165) is 5.69 Å². The van der Waals surface area contributed by atoms with Crippen LogP contribution in [0.5, 0.6) is 0 Å². The van der Waals surface area contributed by atoms with Crippen LogP contribution >= 0.6 is 11.6 Å². The van der Waals surface area contributed by atoms with E-state index in [-0.39, 0.29) is 11.7 Å². The lowest BCUT2D eigenvalue weighted by atomic mass is 10.3. The van der Waals surface area contributed by atoms with E-state index in [9.17, 15) is 8.42 Å². The van der Waals surface area contributed by atoms with Gasteiger partial charge in [0.15, 0.2) is 0 Å². The van der Waals surface area contributed by atoms with Gasteiger partial charge in [0.05, 0.1) is 5.75 Å². The molecule has 0 aromatic heterocycles. The lowest BCUT2D eigenvalue weighted by Crippen LogP contribution is -2.22. The molecular formula is C12H19ClN2O2S. The lowest BCUT2D eigenvalue weighted by Gasteiger charge is -2.14. The van der Waals surface area contributed by atoms with Gasteiger partial charge >= 0.3 is 0 Å². The molecule has 0 heterocycles. The van der Waals surface area contributed by atoms with E-state index in [4.69, 9.17) is 11.6 Å². The van der Waals surface area contributed by atoms with Crippen LogP contribution in [0.25, 0.3) is 0 Å². The topological polar surface area (TPSA) is 49.4 Å². The van der Waals surface area contributed by atoms with Gasteiger partial charge in [-0.25, -0.2) is 8.42 Å². The van der Waals surface area contributed by atoms with Gasteiger partial charge in [0.2, 0.25) is 10.0 Å². The molecule has 18 heavy (non-hydrogen) atoms. The highest BCUT2D eigenvalue weighted by Gasteiger charge is 2.15. The Labute approximate surface area is 114 Å². The number of nitrogens with zero attached hydrogens (tertiary/aromatic N) is 1. The molecule has 1 aromatic carbocycles. The molecule has 0 saturated carbocycles. The average molecular weight is 291 g/mol. The number of hydrogen-bond donors (Lipinski definition) is 1. The number of benzene rings is 1. The Morgan fingerprint density at radius 3 is 2.28 bits per heavy atom. The van der Waals surface area contributed by atoms with Crippen molar-refractivity contribution in [3.05, 3.63) is 24.3 Å². The summed E-state index contributed by atoms with van der Waals surface area (Å²) in [5.41, 5.74) is 1.59. The molecule has 1 N–H and O–H groups in total.